The van der Waals surface area contributed by atoms with Crippen molar-refractivity contribution in [2.24, 2.45) is 0 Å². The highest BCUT2D eigenvalue weighted by molar-refractivity contribution is 5.83. The molecule has 0 N–H and O–H groups in total. The van der Waals surface area contributed by atoms with Gasteiger partial charge in [-0.25, -0.2) is 0 Å². The average Bonchev–Trinajstić information content (AvgIpc) is 3.88. The van der Waals surface area contributed by atoms with Gasteiger partial charge in [0.1, 0.15) is 11.5 Å². The minimum Gasteiger partial charge on any atom is -0.494 e. The Morgan fingerprint density at radius 1 is 0.278 bits per heavy atom. The fraction of sp³-hybridized carbons (Fsp3) is 0.481. The third kappa shape index (κ3) is 19.7. The van der Waals surface area contributed by atoms with Gasteiger partial charge in [0.2, 0.25) is 0 Å². The van der Waals surface area contributed by atoms with E-state index in [1.807, 2.05) is 0 Å². The Bertz CT molecular complexity index is 2580. The number of unbranched alkanes of at least 4 members (excludes halogenated alkanes) is 24. The Hall–Kier alpha value is -5.96. The first kappa shape index (κ1) is 60.7. The standard InChI is InChI=1S/C77H98O2/c1-5-9-13-17-19-21-23-25-27-31-59-78-71-51-47-69(48-52-71)67-43-37-63(38-44-67)33-35-65-41-55-73-74-56-42-66(62-76(74)77(75(73)61-65,57-29-15-11-7-3)58-30-16-12-8-4)36-34-64-39-45-68(46-40-64)70-49-53-72(54-50-70)79-60-32-28-26-24-22-20-18-14-10-6-2/h37-56,61-62H,5-32,57-60H2,1-4H3. The van der Waals surface area contributed by atoms with Gasteiger partial charge in [0.05, 0.1) is 13.2 Å². The van der Waals surface area contributed by atoms with Crippen molar-refractivity contribution in [2.75, 3.05) is 13.2 Å². The smallest absolute Gasteiger partial charge is 0.119 e. The number of hydrogen-bond donors (Lipinski definition) is 0. The summed E-state index contributed by atoms with van der Waals surface area (Å²) in [7, 11) is 0. The normalized spacial score (nSPS) is 12.1. The Kier molecular flexibility index (Phi) is 26.8. The first-order valence-corrected chi connectivity index (χ1v) is 32.0. The van der Waals surface area contributed by atoms with E-state index in [0.29, 0.717) is 0 Å². The maximum atomic E-state index is 6.12. The lowest BCUT2D eigenvalue weighted by atomic mass is 9.70. The summed E-state index contributed by atoms with van der Waals surface area (Å²) in [6.45, 7) is 10.8. The molecule has 0 radical (unpaired) electrons. The second-order valence-corrected chi connectivity index (χ2v) is 23.0. The summed E-state index contributed by atoms with van der Waals surface area (Å²) >= 11 is 0. The van der Waals surface area contributed by atoms with Gasteiger partial charge in [0.25, 0.3) is 0 Å². The van der Waals surface area contributed by atoms with Gasteiger partial charge in [-0.3, -0.25) is 0 Å². The molecule has 0 spiro atoms. The van der Waals surface area contributed by atoms with Crippen LogP contribution in [0.3, 0.4) is 0 Å². The molecule has 6 aromatic carbocycles. The largest absolute Gasteiger partial charge is 0.494 e. The molecule has 0 unspecified atom stereocenters. The van der Waals surface area contributed by atoms with E-state index in [1.165, 1.54) is 211 Å². The van der Waals surface area contributed by atoms with Crippen molar-refractivity contribution in [3.05, 3.63) is 167 Å². The van der Waals surface area contributed by atoms with E-state index in [4.69, 9.17) is 9.47 Å². The second-order valence-electron chi connectivity index (χ2n) is 23.0. The molecule has 79 heavy (non-hydrogen) atoms. The van der Waals surface area contributed by atoms with Gasteiger partial charge in [0.15, 0.2) is 0 Å². The highest BCUT2D eigenvalue weighted by atomic mass is 16.5. The number of ether oxygens (including phenoxy) is 2. The van der Waals surface area contributed by atoms with E-state index in [2.05, 4.69) is 185 Å². The van der Waals surface area contributed by atoms with Crippen molar-refractivity contribution in [1.82, 2.24) is 0 Å². The number of hydrogen-bond acceptors (Lipinski definition) is 2. The molecule has 0 amide bonds. The van der Waals surface area contributed by atoms with Crippen molar-refractivity contribution in [3.63, 3.8) is 0 Å². The van der Waals surface area contributed by atoms with E-state index in [-0.39, 0.29) is 5.41 Å². The van der Waals surface area contributed by atoms with Crippen LogP contribution >= 0.6 is 0 Å². The highest BCUT2D eigenvalue weighted by Crippen LogP contribution is 2.54. The number of benzene rings is 6. The van der Waals surface area contributed by atoms with Crippen LogP contribution in [0.25, 0.3) is 33.4 Å². The molecule has 0 saturated carbocycles. The van der Waals surface area contributed by atoms with Gasteiger partial charge in [0, 0.05) is 27.7 Å². The first-order valence-electron chi connectivity index (χ1n) is 32.0. The van der Waals surface area contributed by atoms with Crippen LogP contribution in [0.4, 0.5) is 0 Å². The van der Waals surface area contributed by atoms with Gasteiger partial charge in [-0.1, -0.05) is 279 Å². The molecular weight excluding hydrogens is 957 g/mol. The average molecular weight is 1060 g/mol. The van der Waals surface area contributed by atoms with Crippen molar-refractivity contribution >= 4 is 0 Å². The molecule has 0 fully saturated rings. The Labute approximate surface area is 481 Å². The monoisotopic (exact) mass is 1050 g/mol. The summed E-state index contributed by atoms with van der Waals surface area (Å²) < 4.78 is 12.2. The summed E-state index contributed by atoms with van der Waals surface area (Å²) in [6.07, 6.45) is 39.0. The predicted octanol–water partition coefficient (Wildman–Crippen LogP) is 22.6. The summed E-state index contributed by atoms with van der Waals surface area (Å²) in [4.78, 5) is 0. The summed E-state index contributed by atoms with van der Waals surface area (Å²) in [6, 6.07) is 48.7. The predicted molar refractivity (Wildman–Crippen MR) is 341 cm³/mol. The van der Waals surface area contributed by atoms with Crippen LogP contribution in [0.2, 0.25) is 0 Å². The van der Waals surface area contributed by atoms with Crippen LogP contribution in [0.5, 0.6) is 11.5 Å². The fourth-order valence-electron chi connectivity index (χ4n) is 11.8. The first-order chi connectivity index (χ1) is 39.0. The third-order valence-corrected chi connectivity index (χ3v) is 16.7. The lowest BCUT2D eigenvalue weighted by molar-refractivity contribution is 0.304. The molecule has 0 bridgehead atoms. The lowest BCUT2D eigenvalue weighted by Gasteiger charge is -2.33. The van der Waals surface area contributed by atoms with Gasteiger partial charge in [-0.05, 0) is 143 Å². The van der Waals surface area contributed by atoms with E-state index in [0.717, 1.165) is 72.6 Å². The maximum Gasteiger partial charge on any atom is 0.119 e. The van der Waals surface area contributed by atoms with Gasteiger partial charge < -0.3 is 9.47 Å². The zero-order valence-electron chi connectivity index (χ0n) is 49.6. The van der Waals surface area contributed by atoms with Crippen LogP contribution in [0.1, 0.15) is 254 Å². The molecule has 2 nitrogen and oxygen atoms in total. The molecule has 418 valence electrons. The molecule has 0 aromatic heterocycles. The number of fused-ring (bicyclic) bond motifs is 3. The van der Waals surface area contributed by atoms with Gasteiger partial charge in [-0.2, -0.15) is 0 Å². The Morgan fingerprint density at radius 3 is 0.873 bits per heavy atom. The zero-order valence-corrected chi connectivity index (χ0v) is 49.6. The highest BCUT2D eigenvalue weighted by Gasteiger charge is 2.42. The molecule has 1 aliphatic carbocycles. The molecule has 0 heterocycles. The molecule has 6 aromatic rings. The molecule has 7 rings (SSSR count). The minimum atomic E-state index is -0.0636. The molecule has 1 aliphatic rings. The van der Waals surface area contributed by atoms with Crippen LogP contribution in [0, 0.1) is 23.7 Å². The molecule has 0 aliphatic heterocycles. The summed E-state index contributed by atoms with van der Waals surface area (Å²) in [5, 5.41) is 0. The van der Waals surface area contributed by atoms with Crippen LogP contribution in [0.15, 0.2) is 133 Å². The van der Waals surface area contributed by atoms with Crippen molar-refractivity contribution in [1.29, 1.82) is 0 Å². The molecular formula is C77H98O2. The SMILES string of the molecule is CCCCCCCCCCCCOc1ccc(-c2ccc(C#Cc3ccc4c(c3)C(CCCCCC)(CCCCCC)c3cc(C#Cc5ccc(-c6ccc(OCCCCCCCCCCCC)cc6)cc5)ccc3-4)cc2)cc1. The quantitative estimate of drug-likeness (QED) is 0.0288. The van der Waals surface area contributed by atoms with Crippen molar-refractivity contribution < 1.29 is 9.47 Å². The third-order valence-electron chi connectivity index (χ3n) is 16.7. The molecule has 0 saturated heterocycles. The van der Waals surface area contributed by atoms with Crippen LogP contribution < -0.4 is 9.47 Å². The van der Waals surface area contributed by atoms with Crippen LogP contribution in [-0.4, -0.2) is 13.2 Å². The van der Waals surface area contributed by atoms with E-state index < -0.39 is 0 Å². The lowest BCUT2D eigenvalue weighted by Crippen LogP contribution is -2.26. The fourth-order valence-corrected chi connectivity index (χ4v) is 11.8. The van der Waals surface area contributed by atoms with Gasteiger partial charge >= 0.3 is 0 Å². The van der Waals surface area contributed by atoms with E-state index in [9.17, 15) is 0 Å². The second kappa shape index (κ2) is 34.9. The number of rotatable bonds is 36. The van der Waals surface area contributed by atoms with Crippen LogP contribution in [-0.2, 0) is 5.41 Å². The zero-order chi connectivity index (χ0) is 55.0. The van der Waals surface area contributed by atoms with E-state index in [1.54, 1.807) is 0 Å². The summed E-state index contributed by atoms with van der Waals surface area (Å²) in [5.41, 5.74) is 14.6. The minimum absolute atomic E-state index is 0.0636. The molecule has 0 atom stereocenters. The van der Waals surface area contributed by atoms with E-state index >= 15 is 0 Å². The topological polar surface area (TPSA) is 18.5 Å². The Morgan fingerprint density at radius 2 is 0.544 bits per heavy atom. The molecule has 2 heteroatoms. The summed E-state index contributed by atoms with van der Waals surface area (Å²) in [5.74, 6) is 16.2. The Balaban J connectivity index is 0.976. The van der Waals surface area contributed by atoms with Crippen molar-refractivity contribution in [2.45, 2.75) is 226 Å². The van der Waals surface area contributed by atoms with Gasteiger partial charge in [-0.15, -0.1) is 0 Å². The van der Waals surface area contributed by atoms with Crippen molar-refractivity contribution in [3.8, 4) is 68.6 Å². The maximum absolute atomic E-state index is 6.12.